The molecule has 1 rings (SSSR count). The standard InChI is InChI=1S/C8H8N2O5/c1-9-4-5-14-8(13)15-10-6(11)2-3-7(10)12/h2-5H2. The van der Waals surface area contributed by atoms with E-state index in [9.17, 15) is 14.4 Å². The van der Waals surface area contributed by atoms with Crippen molar-refractivity contribution in [2.75, 3.05) is 13.2 Å². The quantitative estimate of drug-likeness (QED) is 0.287. The second-order valence-electron chi connectivity index (χ2n) is 2.65. The van der Waals surface area contributed by atoms with E-state index in [0.717, 1.165) is 0 Å². The predicted molar refractivity (Wildman–Crippen MR) is 45.0 cm³/mol. The van der Waals surface area contributed by atoms with Crippen molar-refractivity contribution < 1.29 is 24.0 Å². The smallest absolute Gasteiger partial charge is 0.425 e. The Balaban J connectivity index is 2.34. The molecule has 15 heavy (non-hydrogen) atoms. The molecule has 0 spiro atoms. The Morgan fingerprint density at radius 1 is 1.40 bits per heavy atom. The summed E-state index contributed by atoms with van der Waals surface area (Å²) in [5.41, 5.74) is 0. The molecule has 0 bridgehead atoms. The maximum absolute atomic E-state index is 11.0. The van der Waals surface area contributed by atoms with Gasteiger partial charge in [-0.15, -0.1) is 0 Å². The number of ether oxygens (including phenoxy) is 1. The van der Waals surface area contributed by atoms with Crippen molar-refractivity contribution in [3.05, 3.63) is 11.4 Å². The van der Waals surface area contributed by atoms with E-state index in [0.29, 0.717) is 5.06 Å². The van der Waals surface area contributed by atoms with Gasteiger partial charge < -0.3 is 9.58 Å². The van der Waals surface area contributed by atoms with Crippen LogP contribution < -0.4 is 0 Å². The SMILES string of the molecule is [C-]#[N+]CCOC(=O)ON1C(=O)CCC1=O. The molecular formula is C8H8N2O5. The number of amides is 2. The number of hydrogen-bond donors (Lipinski definition) is 0. The van der Waals surface area contributed by atoms with Crippen molar-refractivity contribution in [1.29, 1.82) is 0 Å². The number of nitrogens with zero attached hydrogens (tertiary/aromatic N) is 2. The predicted octanol–water partition coefficient (Wildman–Crippen LogP) is 0.123. The summed E-state index contributed by atoms with van der Waals surface area (Å²) >= 11 is 0. The van der Waals surface area contributed by atoms with Gasteiger partial charge in [0, 0.05) is 12.8 Å². The average Bonchev–Trinajstić information content (AvgIpc) is 2.50. The number of rotatable bonds is 3. The summed E-state index contributed by atoms with van der Waals surface area (Å²) in [7, 11) is 0. The fourth-order valence-corrected chi connectivity index (χ4v) is 0.933. The van der Waals surface area contributed by atoms with Crippen molar-refractivity contribution in [2.24, 2.45) is 0 Å². The Labute approximate surface area is 85.3 Å². The highest BCUT2D eigenvalue weighted by molar-refractivity contribution is 6.01. The van der Waals surface area contributed by atoms with Gasteiger partial charge in [-0.25, -0.2) is 11.4 Å². The molecule has 0 atom stereocenters. The fourth-order valence-electron chi connectivity index (χ4n) is 0.933. The van der Waals surface area contributed by atoms with Gasteiger partial charge in [0.1, 0.15) is 0 Å². The first kappa shape index (κ1) is 11.0. The van der Waals surface area contributed by atoms with Crippen LogP contribution >= 0.6 is 0 Å². The zero-order valence-corrected chi connectivity index (χ0v) is 7.76. The van der Waals surface area contributed by atoms with Gasteiger partial charge in [-0.2, -0.15) is 0 Å². The maximum Gasteiger partial charge on any atom is 0.534 e. The van der Waals surface area contributed by atoms with E-state index in [4.69, 9.17) is 6.57 Å². The number of hydroxylamine groups is 2. The minimum atomic E-state index is -1.15. The van der Waals surface area contributed by atoms with Gasteiger partial charge in [0.05, 0.1) is 0 Å². The normalized spacial score (nSPS) is 15.0. The van der Waals surface area contributed by atoms with Crippen LogP contribution in [0.4, 0.5) is 4.79 Å². The second kappa shape index (κ2) is 4.95. The monoisotopic (exact) mass is 212 g/mol. The molecule has 7 nitrogen and oxygen atoms in total. The summed E-state index contributed by atoms with van der Waals surface area (Å²) in [5, 5.41) is 0.389. The molecule has 0 aromatic rings. The van der Waals surface area contributed by atoms with Crippen LogP contribution in [0.3, 0.4) is 0 Å². The van der Waals surface area contributed by atoms with Crippen molar-refractivity contribution in [3.8, 4) is 0 Å². The van der Waals surface area contributed by atoms with Crippen LogP contribution in [-0.2, 0) is 19.2 Å². The van der Waals surface area contributed by atoms with Crippen molar-refractivity contribution >= 4 is 18.0 Å². The number of imide groups is 1. The lowest BCUT2D eigenvalue weighted by molar-refractivity contribution is -0.176. The van der Waals surface area contributed by atoms with Crippen LogP contribution in [0.15, 0.2) is 0 Å². The molecule has 0 aromatic carbocycles. The lowest BCUT2D eigenvalue weighted by Gasteiger charge is -2.11. The second-order valence-corrected chi connectivity index (χ2v) is 2.65. The highest BCUT2D eigenvalue weighted by atomic mass is 16.8. The molecule has 0 saturated carbocycles. The van der Waals surface area contributed by atoms with E-state index in [1.807, 2.05) is 0 Å². The molecule has 1 heterocycles. The van der Waals surface area contributed by atoms with Crippen molar-refractivity contribution in [3.63, 3.8) is 0 Å². The molecule has 0 unspecified atom stereocenters. The van der Waals surface area contributed by atoms with E-state index in [1.54, 1.807) is 0 Å². The third kappa shape index (κ3) is 2.95. The molecule has 0 radical (unpaired) electrons. The molecule has 0 N–H and O–H groups in total. The lowest BCUT2D eigenvalue weighted by Crippen LogP contribution is -2.32. The largest absolute Gasteiger partial charge is 0.534 e. The molecule has 1 aliphatic heterocycles. The van der Waals surface area contributed by atoms with Crippen molar-refractivity contribution in [2.45, 2.75) is 12.8 Å². The third-order valence-corrected chi connectivity index (χ3v) is 1.59. The molecule has 1 fully saturated rings. The van der Waals surface area contributed by atoms with Gasteiger partial charge in [-0.3, -0.25) is 14.4 Å². The maximum atomic E-state index is 11.0. The summed E-state index contributed by atoms with van der Waals surface area (Å²) in [4.78, 5) is 40.1. The molecule has 2 amide bonds. The van der Waals surface area contributed by atoms with E-state index in [1.165, 1.54) is 0 Å². The first-order valence-electron chi connectivity index (χ1n) is 4.19. The average molecular weight is 212 g/mol. The zero-order chi connectivity index (χ0) is 11.3. The van der Waals surface area contributed by atoms with Gasteiger partial charge >= 0.3 is 6.16 Å². The third-order valence-electron chi connectivity index (χ3n) is 1.59. The highest BCUT2D eigenvalue weighted by Crippen LogP contribution is 2.12. The van der Waals surface area contributed by atoms with E-state index < -0.39 is 18.0 Å². The van der Waals surface area contributed by atoms with Crippen LogP contribution in [0.25, 0.3) is 4.85 Å². The Bertz CT molecular complexity index is 316. The van der Waals surface area contributed by atoms with Gasteiger partial charge in [-0.1, -0.05) is 5.06 Å². The Kier molecular flexibility index (Phi) is 3.62. The molecule has 1 saturated heterocycles. The van der Waals surface area contributed by atoms with Gasteiger partial charge in [0.2, 0.25) is 6.54 Å². The molecule has 0 aliphatic carbocycles. The van der Waals surface area contributed by atoms with Crippen LogP contribution in [0, 0.1) is 6.57 Å². The molecule has 7 heteroatoms. The van der Waals surface area contributed by atoms with E-state index in [-0.39, 0.29) is 26.0 Å². The van der Waals surface area contributed by atoms with E-state index >= 15 is 0 Å². The fraction of sp³-hybridized carbons (Fsp3) is 0.500. The molecule has 0 aromatic heterocycles. The first-order chi connectivity index (χ1) is 7.15. The molecular weight excluding hydrogens is 204 g/mol. The molecule has 1 aliphatic rings. The minimum Gasteiger partial charge on any atom is -0.425 e. The lowest BCUT2D eigenvalue weighted by atomic mass is 10.4. The topological polar surface area (TPSA) is 77.3 Å². The van der Waals surface area contributed by atoms with E-state index in [2.05, 4.69) is 14.4 Å². The number of carbonyl (C=O) groups is 3. The summed E-state index contributed by atoms with van der Waals surface area (Å²) in [6, 6.07) is 0. The highest BCUT2D eigenvalue weighted by Gasteiger charge is 2.33. The van der Waals surface area contributed by atoms with Gasteiger partial charge in [-0.05, 0) is 0 Å². The van der Waals surface area contributed by atoms with Crippen LogP contribution in [0.5, 0.6) is 0 Å². The Morgan fingerprint density at radius 3 is 2.53 bits per heavy atom. The molecule has 80 valence electrons. The summed E-state index contributed by atoms with van der Waals surface area (Å²) in [6.07, 6.45) is -1.08. The van der Waals surface area contributed by atoms with Crippen LogP contribution in [-0.4, -0.2) is 36.2 Å². The Morgan fingerprint density at radius 2 is 2.00 bits per heavy atom. The number of carbonyl (C=O) groups excluding carboxylic acids is 3. The minimum absolute atomic E-state index is 0.0109. The Hall–Kier alpha value is -2.10. The first-order valence-corrected chi connectivity index (χ1v) is 4.19. The summed E-state index contributed by atoms with van der Waals surface area (Å²) < 4.78 is 4.42. The summed E-state index contributed by atoms with van der Waals surface area (Å²) in [5.74, 6) is -1.13. The van der Waals surface area contributed by atoms with Gasteiger partial charge in [0.25, 0.3) is 11.8 Å². The van der Waals surface area contributed by atoms with Crippen LogP contribution in [0.2, 0.25) is 0 Å². The van der Waals surface area contributed by atoms with Crippen LogP contribution in [0.1, 0.15) is 12.8 Å². The summed E-state index contributed by atoms with van der Waals surface area (Å²) in [6.45, 7) is 6.29. The number of hydrogen-bond acceptors (Lipinski definition) is 5. The van der Waals surface area contributed by atoms with Gasteiger partial charge in [0.15, 0.2) is 6.61 Å². The van der Waals surface area contributed by atoms with Crippen molar-refractivity contribution in [1.82, 2.24) is 5.06 Å². The zero-order valence-electron chi connectivity index (χ0n) is 7.76.